The fraction of sp³-hybridized carbons (Fsp3) is 0.538. The minimum absolute atomic E-state index is 0.348. The van der Waals surface area contributed by atoms with Gasteiger partial charge in [0, 0.05) is 13.1 Å². The molecule has 0 saturated carbocycles. The lowest BCUT2D eigenvalue weighted by Crippen LogP contribution is -2.37. The standard InChI is InChI=1S/C13H22N2O2S/c1-4-12-5-7-13(8-6-12)10-15-18(16,17)11(2)9-14-3/h5-8,11,14-15H,4,9-10H2,1-3H3. The van der Waals surface area contributed by atoms with E-state index in [4.69, 9.17) is 0 Å². The summed E-state index contributed by atoms with van der Waals surface area (Å²) in [6.45, 7) is 4.58. The molecule has 1 unspecified atom stereocenters. The maximum absolute atomic E-state index is 11.9. The lowest BCUT2D eigenvalue weighted by molar-refractivity contribution is 0.563. The normalized spacial score (nSPS) is 13.5. The average molecular weight is 270 g/mol. The second-order valence-electron chi connectivity index (χ2n) is 4.40. The summed E-state index contributed by atoms with van der Waals surface area (Å²) in [7, 11) is -1.50. The first-order chi connectivity index (χ1) is 8.49. The van der Waals surface area contributed by atoms with Crippen LogP contribution in [0.5, 0.6) is 0 Å². The first-order valence-corrected chi connectivity index (χ1v) is 7.75. The van der Waals surface area contributed by atoms with Gasteiger partial charge in [0.15, 0.2) is 0 Å². The monoisotopic (exact) mass is 270 g/mol. The zero-order valence-corrected chi connectivity index (χ0v) is 12.0. The Hall–Kier alpha value is -0.910. The molecular formula is C13H22N2O2S. The van der Waals surface area contributed by atoms with E-state index >= 15 is 0 Å². The number of benzene rings is 1. The van der Waals surface area contributed by atoms with Crippen molar-refractivity contribution < 1.29 is 8.42 Å². The molecule has 0 amide bonds. The lowest BCUT2D eigenvalue weighted by Gasteiger charge is -2.13. The number of hydrogen-bond donors (Lipinski definition) is 2. The Balaban J connectivity index is 2.58. The molecule has 0 spiro atoms. The van der Waals surface area contributed by atoms with Gasteiger partial charge in [-0.1, -0.05) is 31.2 Å². The van der Waals surface area contributed by atoms with E-state index < -0.39 is 15.3 Å². The lowest BCUT2D eigenvalue weighted by atomic mass is 10.1. The van der Waals surface area contributed by atoms with Crippen molar-refractivity contribution in [1.82, 2.24) is 10.0 Å². The van der Waals surface area contributed by atoms with Crippen LogP contribution in [0.2, 0.25) is 0 Å². The van der Waals surface area contributed by atoms with E-state index in [9.17, 15) is 8.42 Å². The molecule has 4 nitrogen and oxygen atoms in total. The molecule has 1 atom stereocenters. The Labute approximate surface area is 110 Å². The van der Waals surface area contributed by atoms with E-state index in [0.717, 1.165) is 12.0 Å². The maximum atomic E-state index is 11.9. The van der Waals surface area contributed by atoms with Crippen LogP contribution in [0.25, 0.3) is 0 Å². The number of hydrogen-bond acceptors (Lipinski definition) is 3. The van der Waals surface area contributed by atoms with Crippen LogP contribution in [0.1, 0.15) is 25.0 Å². The van der Waals surface area contributed by atoms with Crippen LogP contribution < -0.4 is 10.0 Å². The van der Waals surface area contributed by atoms with E-state index in [-0.39, 0.29) is 0 Å². The minimum atomic E-state index is -3.25. The van der Waals surface area contributed by atoms with E-state index in [2.05, 4.69) is 17.0 Å². The SMILES string of the molecule is CCc1ccc(CNS(=O)(=O)C(C)CNC)cc1. The second-order valence-corrected chi connectivity index (χ2v) is 6.59. The van der Waals surface area contributed by atoms with Gasteiger partial charge in [-0.25, -0.2) is 13.1 Å². The highest BCUT2D eigenvalue weighted by molar-refractivity contribution is 7.90. The van der Waals surface area contributed by atoms with Gasteiger partial charge in [0.2, 0.25) is 10.0 Å². The molecule has 102 valence electrons. The molecule has 0 aromatic heterocycles. The van der Waals surface area contributed by atoms with Crippen molar-refractivity contribution in [1.29, 1.82) is 0 Å². The summed E-state index contributed by atoms with van der Waals surface area (Å²) in [5, 5.41) is 2.43. The molecule has 0 aliphatic heterocycles. The highest BCUT2D eigenvalue weighted by Gasteiger charge is 2.18. The summed E-state index contributed by atoms with van der Waals surface area (Å²) in [6.07, 6.45) is 0.991. The van der Waals surface area contributed by atoms with Crippen LogP contribution in [0, 0.1) is 0 Å². The summed E-state index contributed by atoms with van der Waals surface area (Å²) in [5.74, 6) is 0. The first kappa shape index (κ1) is 15.1. The summed E-state index contributed by atoms with van der Waals surface area (Å²) in [5.41, 5.74) is 2.23. The van der Waals surface area contributed by atoms with Gasteiger partial charge in [0.1, 0.15) is 0 Å². The molecule has 0 radical (unpaired) electrons. The molecule has 0 aliphatic carbocycles. The van der Waals surface area contributed by atoms with Crippen molar-refractivity contribution in [3.05, 3.63) is 35.4 Å². The van der Waals surface area contributed by atoms with Gasteiger partial charge in [-0.15, -0.1) is 0 Å². The van der Waals surface area contributed by atoms with Gasteiger partial charge in [-0.2, -0.15) is 0 Å². The molecule has 0 fully saturated rings. The first-order valence-electron chi connectivity index (χ1n) is 6.20. The van der Waals surface area contributed by atoms with Crippen LogP contribution in [0.3, 0.4) is 0 Å². The van der Waals surface area contributed by atoms with Gasteiger partial charge in [-0.3, -0.25) is 0 Å². The third-order valence-corrected chi connectivity index (χ3v) is 4.70. The summed E-state index contributed by atoms with van der Waals surface area (Å²) in [4.78, 5) is 0. The van der Waals surface area contributed by atoms with Crippen molar-refractivity contribution in [2.45, 2.75) is 32.1 Å². The topological polar surface area (TPSA) is 58.2 Å². The molecule has 0 heterocycles. The maximum Gasteiger partial charge on any atom is 0.215 e. The zero-order valence-electron chi connectivity index (χ0n) is 11.2. The quantitative estimate of drug-likeness (QED) is 0.784. The fourth-order valence-electron chi connectivity index (χ4n) is 1.62. The minimum Gasteiger partial charge on any atom is -0.318 e. The van der Waals surface area contributed by atoms with Crippen molar-refractivity contribution in [2.75, 3.05) is 13.6 Å². The van der Waals surface area contributed by atoms with Gasteiger partial charge in [-0.05, 0) is 31.5 Å². The summed E-state index contributed by atoms with van der Waals surface area (Å²) in [6, 6.07) is 7.98. The Kier molecular flexibility index (Phi) is 5.78. The molecular weight excluding hydrogens is 248 g/mol. The third-order valence-electron chi connectivity index (χ3n) is 2.93. The molecule has 1 rings (SSSR count). The Morgan fingerprint density at radius 2 is 1.72 bits per heavy atom. The molecule has 1 aromatic rings. The predicted octanol–water partition coefficient (Wildman–Crippen LogP) is 1.28. The van der Waals surface area contributed by atoms with Crippen molar-refractivity contribution >= 4 is 10.0 Å². The molecule has 18 heavy (non-hydrogen) atoms. The van der Waals surface area contributed by atoms with Crippen LogP contribution >= 0.6 is 0 Å². The number of sulfonamides is 1. The Morgan fingerprint density at radius 1 is 1.17 bits per heavy atom. The van der Waals surface area contributed by atoms with Crippen molar-refractivity contribution in [2.24, 2.45) is 0 Å². The molecule has 2 N–H and O–H groups in total. The molecule has 0 saturated heterocycles. The van der Waals surface area contributed by atoms with Gasteiger partial charge >= 0.3 is 0 Å². The van der Waals surface area contributed by atoms with Crippen molar-refractivity contribution in [3.8, 4) is 0 Å². The summed E-state index contributed by atoms with van der Waals surface area (Å²) < 4.78 is 26.4. The summed E-state index contributed by atoms with van der Waals surface area (Å²) >= 11 is 0. The second kappa shape index (κ2) is 6.87. The average Bonchev–Trinajstić information content (AvgIpc) is 2.37. The smallest absolute Gasteiger partial charge is 0.215 e. The third kappa shape index (κ3) is 4.40. The zero-order chi connectivity index (χ0) is 13.6. The molecule has 1 aromatic carbocycles. The molecule has 0 bridgehead atoms. The highest BCUT2D eigenvalue weighted by atomic mass is 32.2. The van der Waals surface area contributed by atoms with Gasteiger partial charge in [0.05, 0.1) is 5.25 Å². The number of nitrogens with one attached hydrogen (secondary N) is 2. The van der Waals surface area contributed by atoms with E-state index in [1.165, 1.54) is 5.56 Å². The van der Waals surface area contributed by atoms with E-state index in [0.29, 0.717) is 13.1 Å². The van der Waals surface area contributed by atoms with Crippen LogP contribution in [0.4, 0.5) is 0 Å². The van der Waals surface area contributed by atoms with Gasteiger partial charge < -0.3 is 5.32 Å². The number of aryl methyl sites for hydroxylation is 1. The number of rotatable bonds is 7. The fourth-order valence-corrected chi connectivity index (χ4v) is 2.65. The van der Waals surface area contributed by atoms with E-state index in [1.807, 2.05) is 24.3 Å². The van der Waals surface area contributed by atoms with E-state index in [1.54, 1.807) is 14.0 Å². The van der Waals surface area contributed by atoms with Crippen LogP contribution in [-0.4, -0.2) is 27.3 Å². The van der Waals surface area contributed by atoms with Crippen LogP contribution in [0.15, 0.2) is 24.3 Å². The molecule has 0 aliphatic rings. The Bertz CT molecular complexity index is 454. The van der Waals surface area contributed by atoms with Crippen LogP contribution in [-0.2, 0) is 23.0 Å². The van der Waals surface area contributed by atoms with Gasteiger partial charge in [0.25, 0.3) is 0 Å². The van der Waals surface area contributed by atoms with Crippen molar-refractivity contribution in [3.63, 3.8) is 0 Å². The Morgan fingerprint density at radius 3 is 2.22 bits per heavy atom. The highest BCUT2D eigenvalue weighted by Crippen LogP contribution is 2.06. The molecule has 5 heteroatoms. The predicted molar refractivity (Wildman–Crippen MR) is 75.0 cm³/mol. The largest absolute Gasteiger partial charge is 0.318 e.